The Morgan fingerprint density at radius 2 is 1.67 bits per heavy atom. The van der Waals surface area contributed by atoms with E-state index in [0.717, 1.165) is 5.56 Å². The molecule has 1 aromatic carbocycles. The van der Waals surface area contributed by atoms with Crippen LogP contribution in [0.1, 0.15) is 42.2 Å². The molecule has 0 aliphatic rings. The third kappa shape index (κ3) is 2.82. The van der Waals surface area contributed by atoms with Gasteiger partial charge in [-0.1, -0.05) is 17.7 Å². The molecule has 0 amide bonds. The molecule has 1 aromatic rings. The highest BCUT2D eigenvalue weighted by atomic mass is 16.5. The molecule has 0 fully saturated rings. The summed E-state index contributed by atoms with van der Waals surface area (Å²) in [6.45, 7) is 9.52. The van der Waals surface area contributed by atoms with Crippen LogP contribution in [0.25, 0.3) is 0 Å². The van der Waals surface area contributed by atoms with Crippen molar-refractivity contribution < 1.29 is 9.53 Å². The fourth-order valence-electron chi connectivity index (χ4n) is 2.14. The lowest BCUT2D eigenvalue weighted by Gasteiger charge is -2.18. The van der Waals surface area contributed by atoms with E-state index >= 15 is 0 Å². The standard InChI is InChI=1S/C13H18O2/c1-8-6-9(2)13(10(3)7-8)11(4)15-12(5)14/h6-7,11H,1-5H3/t11-/m0/s1. The van der Waals surface area contributed by atoms with Gasteiger partial charge in [-0.25, -0.2) is 0 Å². The molecule has 0 radical (unpaired) electrons. The van der Waals surface area contributed by atoms with Gasteiger partial charge in [-0.15, -0.1) is 0 Å². The van der Waals surface area contributed by atoms with Gasteiger partial charge in [0.25, 0.3) is 0 Å². The van der Waals surface area contributed by atoms with Gasteiger partial charge < -0.3 is 4.74 Å². The van der Waals surface area contributed by atoms with Gasteiger partial charge >= 0.3 is 5.97 Å². The van der Waals surface area contributed by atoms with Gasteiger partial charge in [-0.3, -0.25) is 4.79 Å². The number of esters is 1. The molecular weight excluding hydrogens is 188 g/mol. The van der Waals surface area contributed by atoms with Gasteiger partial charge in [0.2, 0.25) is 0 Å². The maximum absolute atomic E-state index is 10.9. The van der Waals surface area contributed by atoms with Gasteiger partial charge in [0.1, 0.15) is 6.10 Å². The molecule has 0 spiro atoms. The number of carbonyl (C=O) groups is 1. The highest BCUT2D eigenvalue weighted by Crippen LogP contribution is 2.25. The first-order valence-corrected chi connectivity index (χ1v) is 5.16. The lowest BCUT2D eigenvalue weighted by Crippen LogP contribution is -2.08. The molecule has 0 N–H and O–H groups in total. The van der Waals surface area contributed by atoms with E-state index in [2.05, 4.69) is 32.9 Å². The second kappa shape index (κ2) is 4.47. The number of hydrogen-bond acceptors (Lipinski definition) is 2. The van der Waals surface area contributed by atoms with E-state index in [1.807, 2.05) is 6.92 Å². The van der Waals surface area contributed by atoms with Gasteiger partial charge in [-0.05, 0) is 44.4 Å². The number of carbonyl (C=O) groups excluding carboxylic acids is 1. The molecule has 0 saturated carbocycles. The Morgan fingerprint density at radius 1 is 1.20 bits per heavy atom. The summed E-state index contributed by atoms with van der Waals surface area (Å²) < 4.78 is 5.20. The summed E-state index contributed by atoms with van der Waals surface area (Å²) in [6, 6.07) is 4.23. The molecule has 15 heavy (non-hydrogen) atoms. The van der Waals surface area contributed by atoms with Crippen LogP contribution < -0.4 is 0 Å². The maximum Gasteiger partial charge on any atom is 0.303 e. The topological polar surface area (TPSA) is 26.3 Å². The predicted molar refractivity (Wildman–Crippen MR) is 60.8 cm³/mol. The summed E-state index contributed by atoms with van der Waals surface area (Å²) in [4.78, 5) is 10.9. The average Bonchev–Trinajstić information content (AvgIpc) is 1.99. The Hall–Kier alpha value is -1.31. The van der Waals surface area contributed by atoms with E-state index in [-0.39, 0.29) is 12.1 Å². The molecule has 0 saturated heterocycles. The summed E-state index contributed by atoms with van der Waals surface area (Å²) in [5.41, 5.74) is 4.72. The second-order valence-electron chi connectivity index (χ2n) is 4.06. The van der Waals surface area contributed by atoms with Crippen LogP contribution in [-0.4, -0.2) is 5.97 Å². The minimum absolute atomic E-state index is 0.164. The van der Waals surface area contributed by atoms with Crippen molar-refractivity contribution in [2.75, 3.05) is 0 Å². The van der Waals surface area contributed by atoms with Crippen molar-refractivity contribution in [2.45, 2.75) is 40.7 Å². The average molecular weight is 206 g/mol. The fourth-order valence-corrected chi connectivity index (χ4v) is 2.14. The minimum Gasteiger partial charge on any atom is -0.458 e. The summed E-state index contributed by atoms with van der Waals surface area (Å²) >= 11 is 0. The third-order valence-corrected chi connectivity index (χ3v) is 2.49. The van der Waals surface area contributed by atoms with Crippen molar-refractivity contribution in [3.63, 3.8) is 0 Å². The first kappa shape index (κ1) is 11.8. The molecule has 1 atom stereocenters. The van der Waals surface area contributed by atoms with Crippen molar-refractivity contribution in [3.05, 3.63) is 34.4 Å². The fraction of sp³-hybridized carbons (Fsp3) is 0.462. The molecule has 1 rings (SSSR count). The van der Waals surface area contributed by atoms with Gasteiger partial charge in [-0.2, -0.15) is 0 Å². The molecule has 0 aliphatic heterocycles. The molecule has 0 aromatic heterocycles. The summed E-state index contributed by atoms with van der Waals surface area (Å²) in [6.07, 6.45) is -0.164. The van der Waals surface area contributed by atoms with E-state index in [0.29, 0.717) is 0 Å². The Bertz CT molecular complexity index is 357. The van der Waals surface area contributed by atoms with Gasteiger partial charge in [0.05, 0.1) is 0 Å². The molecular formula is C13H18O2. The van der Waals surface area contributed by atoms with E-state index in [1.165, 1.54) is 23.6 Å². The summed E-state index contributed by atoms with van der Waals surface area (Å²) in [5, 5.41) is 0. The highest BCUT2D eigenvalue weighted by molar-refractivity contribution is 5.66. The SMILES string of the molecule is CC(=O)O[C@@H](C)c1c(C)cc(C)cc1C. The van der Waals surface area contributed by atoms with Crippen LogP contribution in [0.5, 0.6) is 0 Å². The molecule has 0 aliphatic carbocycles. The lowest BCUT2D eigenvalue weighted by molar-refractivity contribution is -0.145. The number of rotatable bonds is 2. The van der Waals surface area contributed by atoms with Crippen LogP contribution in [0.4, 0.5) is 0 Å². The zero-order chi connectivity index (χ0) is 11.6. The normalized spacial score (nSPS) is 12.3. The zero-order valence-electron chi connectivity index (χ0n) is 10.0. The van der Waals surface area contributed by atoms with Crippen LogP contribution >= 0.6 is 0 Å². The zero-order valence-corrected chi connectivity index (χ0v) is 10.0. The maximum atomic E-state index is 10.9. The van der Waals surface area contributed by atoms with E-state index in [9.17, 15) is 4.79 Å². The number of hydrogen-bond donors (Lipinski definition) is 0. The Kier molecular flexibility index (Phi) is 3.51. The van der Waals surface area contributed by atoms with Gasteiger partial charge in [0.15, 0.2) is 0 Å². The van der Waals surface area contributed by atoms with Crippen LogP contribution in [0.3, 0.4) is 0 Å². The van der Waals surface area contributed by atoms with Crippen molar-refractivity contribution in [1.82, 2.24) is 0 Å². The van der Waals surface area contributed by atoms with Crippen LogP contribution in [0.2, 0.25) is 0 Å². The number of benzene rings is 1. The smallest absolute Gasteiger partial charge is 0.303 e. The molecule has 0 heterocycles. The quantitative estimate of drug-likeness (QED) is 0.694. The van der Waals surface area contributed by atoms with Gasteiger partial charge in [0, 0.05) is 6.92 Å². The Labute approximate surface area is 91.3 Å². The van der Waals surface area contributed by atoms with Crippen LogP contribution in [-0.2, 0) is 9.53 Å². The van der Waals surface area contributed by atoms with Crippen molar-refractivity contribution in [2.24, 2.45) is 0 Å². The van der Waals surface area contributed by atoms with Crippen molar-refractivity contribution in [1.29, 1.82) is 0 Å². The Morgan fingerprint density at radius 3 is 2.07 bits per heavy atom. The van der Waals surface area contributed by atoms with E-state index in [1.54, 1.807) is 0 Å². The molecule has 0 bridgehead atoms. The second-order valence-corrected chi connectivity index (χ2v) is 4.06. The largest absolute Gasteiger partial charge is 0.458 e. The van der Waals surface area contributed by atoms with E-state index < -0.39 is 0 Å². The van der Waals surface area contributed by atoms with Crippen LogP contribution in [0, 0.1) is 20.8 Å². The number of aryl methyl sites for hydroxylation is 3. The van der Waals surface area contributed by atoms with Crippen molar-refractivity contribution in [3.8, 4) is 0 Å². The monoisotopic (exact) mass is 206 g/mol. The molecule has 2 nitrogen and oxygen atoms in total. The first-order valence-electron chi connectivity index (χ1n) is 5.16. The predicted octanol–water partition coefficient (Wildman–Crippen LogP) is 3.24. The number of ether oxygens (including phenoxy) is 1. The summed E-state index contributed by atoms with van der Waals surface area (Å²) in [5.74, 6) is -0.234. The summed E-state index contributed by atoms with van der Waals surface area (Å²) in [7, 11) is 0. The molecule has 82 valence electrons. The molecule has 0 unspecified atom stereocenters. The lowest BCUT2D eigenvalue weighted by atomic mass is 9.96. The van der Waals surface area contributed by atoms with Crippen LogP contribution in [0.15, 0.2) is 12.1 Å². The first-order chi connectivity index (χ1) is 6.91. The molecule has 2 heteroatoms. The minimum atomic E-state index is -0.234. The van der Waals surface area contributed by atoms with Crippen molar-refractivity contribution >= 4 is 5.97 Å². The van der Waals surface area contributed by atoms with E-state index in [4.69, 9.17) is 4.74 Å². The highest BCUT2D eigenvalue weighted by Gasteiger charge is 2.14. The Balaban J connectivity index is 3.08. The third-order valence-electron chi connectivity index (χ3n) is 2.49.